The Morgan fingerprint density at radius 2 is 2.10 bits per heavy atom. The van der Waals surface area contributed by atoms with Crippen LogP contribution in [0.2, 0.25) is 0 Å². The van der Waals surface area contributed by atoms with Crippen molar-refractivity contribution in [3.8, 4) is 0 Å². The minimum absolute atomic E-state index is 0.102. The molecule has 5 heteroatoms. The molecule has 0 atom stereocenters. The molecule has 2 aromatic heterocycles. The van der Waals surface area contributed by atoms with Crippen molar-refractivity contribution < 1.29 is 0 Å². The van der Waals surface area contributed by atoms with Gasteiger partial charge in [-0.05, 0) is 26.8 Å². The van der Waals surface area contributed by atoms with Gasteiger partial charge in [-0.2, -0.15) is 0 Å². The van der Waals surface area contributed by atoms with E-state index in [-0.39, 0.29) is 5.54 Å². The number of hydrogen-bond acceptors (Lipinski definition) is 4. The zero-order valence-corrected chi connectivity index (χ0v) is 13.0. The van der Waals surface area contributed by atoms with Gasteiger partial charge < -0.3 is 14.8 Å². The quantitative estimate of drug-likeness (QED) is 0.939. The first-order valence-corrected chi connectivity index (χ1v) is 7.46. The van der Waals surface area contributed by atoms with Crippen LogP contribution in [0.5, 0.6) is 0 Å². The average molecular weight is 285 g/mol. The van der Waals surface area contributed by atoms with E-state index in [1.54, 1.807) is 0 Å². The van der Waals surface area contributed by atoms with Gasteiger partial charge in [0.1, 0.15) is 5.82 Å². The highest BCUT2D eigenvalue weighted by molar-refractivity contribution is 5.52. The monoisotopic (exact) mass is 285 g/mol. The summed E-state index contributed by atoms with van der Waals surface area (Å²) in [6.07, 6.45) is 7.78. The highest BCUT2D eigenvalue weighted by Gasteiger charge is 2.19. The van der Waals surface area contributed by atoms with E-state index < -0.39 is 0 Å². The Morgan fingerprint density at radius 3 is 2.90 bits per heavy atom. The van der Waals surface area contributed by atoms with Gasteiger partial charge >= 0.3 is 0 Å². The van der Waals surface area contributed by atoms with Crippen molar-refractivity contribution in [3.63, 3.8) is 0 Å². The summed E-state index contributed by atoms with van der Waals surface area (Å²) in [5.41, 5.74) is 2.61. The summed E-state index contributed by atoms with van der Waals surface area (Å²) >= 11 is 0. The molecular formula is C16H23N5. The average Bonchev–Trinajstić information content (AvgIpc) is 2.92. The maximum atomic E-state index is 4.44. The lowest BCUT2D eigenvalue weighted by Crippen LogP contribution is -2.37. The second kappa shape index (κ2) is 5.48. The molecule has 0 saturated heterocycles. The lowest BCUT2D eigenvalue weighted by atomic mass is 10.1. The van der Waals surface area contributed by atoms with Crippen LogP contribution >= 0.6 is 0 Å². The predicted molar refractivity (Wildman–Crippen MR) is 84.1 cm³/mol. The number of nitrogens with zero attached hydrogens (tertiary/aromatic N) is 4. The van der Waals surface area contributed by atoms with Crippen LogP contribution in [0, 0.1) is 0 Å². The van der Waals surface area contributed by atoms with Gasteiger partial charge in [0, 0.05) is 61.2 Å². The van der Waals surface area contributed by atoms with Gasteiger partial charge in [-0.3, -0.25) is 4.98 Å². The lowest BCUT2D eigenvalue weighted by Gasteiger charge is -2.31. The predicted octanol–water partition coefficient (Wildman–Crippen LogP) is 2.19. The molecule has 0 amide bonds. The first-order chi connectivity index (χ1) is 10.0. The van der Waals surface area contributed by atoms with Gasteiger partial charge in [-0.25, -0.2) is 4.98 Å². The number of imidazole rings is 1. The minimum Gasteiger partial charge on any atom is -0.362 e. The van der Waals surface area contributed by atoms with E-state index in [9.17, 15) is 0 Å². The highest BCUT2D eigenvalue weighted by Crippen LogP contribution is 2.24. The summed E-state index contributed by atoms with van der Waals surface area (Å²) in [5.74, 6) is 1.13. The van der Waals surface area contributed by atoms with Crippen molar-refractivity contribution in [2.24, 2.45) is 0 Å². The van der Waals surface area contributed by atoms with E-state index in [2.05, 4.69) is 57.8 Å². The number of aromatic nitrogens is 3. The second-order valence-electron chi connectivity index (χ2n) is 6.57. The van der Waals surface area contributed by atoms with Crippen molar-refractivity contribution in [3.05, 3.63) is 42.2 Å². The molecule has 0 aliphatic carbocycles. The fourth-order valence-corrected chi connectivity index (χ4v) is 2.60. The number of rotatable bonds is 3. The molecule has 5 nitrogen and oxygen atoms in total. The first kappa shape index (κ1) is 14.1. The third-order valence-electron chi connectivity index (χ3n) is 3.77. The number of nitrogens with one attached hydrogen (secondary N) is 1. The molecule has 0 bridgehead atoms. The maximum Gasteiger partial charge on any atom is 0.128 e. The topological polar surface area (TPSA) is 46.0 Å². The number of pyridine rings is 1. The zero-order chi connectivity index (χ0) is 14.9. The molecule has 1 aliphatic rings. The van der Waals surface area contributed by atoms with Gasteiger partial charge in [-0.15, -0.1) is 0 Å². The smallest absolute Gasteiger partial charge is 0.128 e. The third-order valence-corrected chi connectivity index (χ3v) is 3.77. The molecule has 3 rings (SSSR count). The lowest BCUT2D eigenvalue weighted by molar-refractivity contribution is 0.423. The Labute approximate surface area is 126 Å². The third kappa shape index (κ3) is 3.24. The first-order valence-electron chi connectivity index (χ1n) is 7.46. The van der Waals surface area contributed by atoms with Crippen LogP contribution in [-0.4, -0.2) is 26.6 Å². The zero-order valence-electron chi connectivity index (χ0n) is 13.0. The summed E-state index contributed by atoms with van der Waals surface area (Å²) in [4.78, 5) is 11.1. The van der Waals surface area contributed by atoms with Gasteiger partial charge in [0.25, 0.3) is 0 Å². The molecule has 0 saturated carbocycles. The van der Waals surface area contributed by atoms with Crippen LogP contribution in [0.1, 0.15) is 32.2 Å². The molecule has 21 heavy (non-hydrogen) atoms. The van der Waals surface area contributed by atoms with Crippen LogP contribution in [0.25, 0.3) is 0 Å². The second-order valence-corrected chi connectivity index (χ2v) is 6.57. The Balaban J connectivity index is 1.79. The molecule has 112 valence electrons. The van der Waals surface area contributed by atoms with Gasteiger partial charge in [0.05, 0.1) is 6.54 Å². The van der Waals surface area contributed by atoms with Gasteiger partial charge in [0.15, 0.2) is 0 Å². The van der Waals surface area contributed by atoms with Crippen molar-refractivity contribution >= 4 is 5.69 Å². The minimum atomic E-state index is 0.102. The van der Waals surface area contributed by atoms with Crippen molar-refractivity contribution in [2.75, 3.05) is 11.4 Å². The summed E-state index contributed by atoms with van der Waals surface area (Å²) in [5, 5.41) is 3.54. The van der Waals surface area contributed by atoms with Crippen LogP contribution in [0.15, 0.2) is 30.9 Å². The fourth-order valence-electron chi connectivity index (χ4n) is 2.60. The Kier molecular flexibility index (Phi) is 3.68. The molecule has 0 spiro atoms. The van der Waals surface area contributed by atoms with Crippen LogP contribution in [0.4, 0.5) is 5.69 Å². The standard InChI is InChI=1S/C16H23N5/c1-16(2,3)19-11-13-10-17-5-4-14(13)21-9-8-20-7-6-18-15(20)12-21/h4-7,10,19H,8-9,11-12H2,1-3H3. The molecular weight excluding hydrogens is 262 g/mol. The van der Waals surface area contributed by atoms with Crippen molar-refractivity contribution in [1.29, 1.82) is 0 Å². The number of anilines is 1. The fraction of sp³-hybridized carbons (Fsp3) is 0.500. The summed E-state index contributed by atoms with van der Waals surface area (Å²) in [6.45, 7) is 10.2. The SMILES string of the molecule is CC(C)(C)NCc1cnccc1N1CCn2ccnc2C1. The molecule has 1 N–H and O–H groups in total. The van der Waals surface area contributed by atoms with Gasteiger partial charge in [-0.1, -0.05) is 0 Å². The van der Waals surface area contributed by atoms with Gasteiger partial charge in [0.2, 0.25) is 0 Å². The van der Waals surface area contributed by atoms with E-state index in [1.165, 1.54) is 11.3 Å². The van der Waals surface area contributed by atoms with Crippen LogP contribution in [-0.2, 0) is 19.6 Å². The molecule has 2 aromatic rings. The number of fused-ring (bicyclic) bond motifs is 1. The largest absolute Gasteiger partial charge is 0.362 e. The summed E-state index contributed by atoms with van der Waals surface area (Å²) in [7, 11) is 0. The normalized spacial score (nSPS) is 15.1. The van der Waals surface area contributed by atoms with E-state index in [0.717, 1.165) is 32.0 Å². The van der Waals surface area contributed by atoms with Crippen LogP contribution in [0.3, 0.4) is 0 Å². The molecule has 0 fully saturated rings. The summed E-state index contributed by atoms with van der Waals surface area (Å²) in [6, 6.07) is 2.11. The Hall–Kier alpha value is -1.88. The van der Waals surface area contributed by atoms with Crippen LogP contribution < -0.4 is 10.2 Å². The molecule has 0 unspecified atom stereocenters. The number of hydrogen-bond donors (Lipinski definition) is 1. The Morgan fingerprint density at radius 1 is 1.24 bits per heavy atom. The molecule has 3 heterocycles. The molecule has 0 radical (unpaired) electrons. The highest BCUT2D eigenvalue weighted by atomic mass is 15.2. The maximum absolute atomic E-state index is 4.44. The van der Waals surface area contributed by atoms with E-state index in [4.69, 9.17) is 0 Å². The van der Waals surface area contributed by atoms with E-state index >= 15 is 0 Å². The van der Waals surface area contributed by atoms with E-state index in [1.807, 2.05) is 18.6 Å². The van der Waals surface area contributed by atoms with Crippen molar-refractivity contribution in [2.45, 2.75) is 45.9 Å². The summed E-state index contributed by atoms with van der Waals surface area (Å²) < 4.78 is 2.23. The molecule has 0 aromatic carbocycles. The molecule has 1 aliphatic heterocycles. The van der Waals surface area contributed by atoms with Crippen molar-refractivity contribution in [1.82, 2.24) is 19.9 Å². The van der Waals surface area contributed by atoms with E-state index in [0.29, 0.717) is 0 Å². The Bertz CT molecular complexity index is 611.